The number of rotatable bonds is 4. The Morgan fingerprint density at radius 1 is 1.19 bits per heavy atom. The summed E-state index contributed by atoms with van der Waals surface area (Å²) in [6, 6.07) is 7.87. The first-order chi connectivity index (χ1) is 10.2. The molecule has 1 atom stereocenters. The van der Waals surface area contributed by atoms with Crippen molar-refractivity contribution in [3.05, 3.63) is 52.3 Å². The van der Waals surface area contributed by atoms with Crippen LogP contribution in [0.25, 0.3) is 0 Å². The van der Waals surface area contributed by atoms with Crippen LogP contribution in [0.15, 0.2) is 41.1 Å². The van der Waals surface area contributed by atoms with Crippen LogP contribution in [0, 0.1) is 0 Å². The molecule has 0 bridgehead atoms. The number of aryl methyl sites for hydroxylation is 1. The molecular weight excluding hydrogens is 330 g/mol. The fraction of sp³-hybridized carbons (Fsp3) is 0.412. The van der Waals surface area contributed by atoms with Gasteiger partial charge in [-0.15, -0.1) is 0 Å². The first kappa shape index (κ1) is 14.7. The van der Waals surface area contributed by atoms with E-state index >= 15 is 0 Å². The minimum atomic E-state index is -0.295. The monoisotopic (exact) mass is 349 g/mol. The predicted molar refractivity (Wildman–Crippen MR) is 86.6 cm³/mol. The van der Waals surface area contributed by atoms with Crippen molar-refractivity contribution >= 4 is 15.9 Å². The summed E-state index contributed by atoms with van der Waals surface area (Å²) in [6.07, 6.45) is 8.19. The molecule has 0 fully saturated rings. The van der Waals surface area contributed by atoms with E-state index in [2.05, 4.69) is 32.9 Å². The SMILES string of the molecule is OC1CCCCc2cn(CCOc3ccc(Br)cc3)cc21. The maximum Gasteiger partial charge on any atom is 0.119 e. The van der Waals surface area contributed by atoms with Crippen molar-refractivity contribution < 1.29 is 9.84 Å². The van der Waals surface area contributed by atoms with Gasteiger partial charge in [-0.3, -0.25) is 0 Å². The van der Waals surface area contributed by atoms with Crippen LogP contribution in [0.4, 0.5) is 0 Å². The summed E-state index contributed by atoms with van der Waals surface area (Å²) in [5.41, 5.74) is 2.40. The first-order valence-electron chi connectivity index (χ1n) is 7.47. The quantitative estimate of drug-likeness (QED) is 0.843. The van der Waals surface area contributed by atoms with Crippen LogP contribution in [-0.2, 0) is 13.0 Å². The lowest BCUT2D eigenvalue weighted by molar-refractivity contribution is 0.166. The standard InChI is InChI=1S/C17H20BrNO2/c18-14-5-7-15(8-6-14)21-10-9-19-11-13-3-1-2-4-17(20)16(13)12-19/h5-8,11-12,17,20H,1-4,9-10H2. The van der Waals surface area contributed by atoms with Crippen molar-refractivity contribution in [2.24, 2.45) is 0 Å². The third-order valence-corrected chi connectivity index (χ3v) is 4.49. The highest BCUT2D eigenvalue weighted by Crippen LogP contribution is 2.29. The number of aromatic nitrogens is 1. The number of aliphatic hydroxyl groups excluding tert-OH is 1. The summed E-state index contributed by atoms with van der Waals surface area (Å²) < 4.78 is 8.93. The fourth-order valence-corrected chi connectivity index (χ4v) is 3.08. The first-order valence-corrected chi connectivity index (χ1v) is 8.26. The number of fused-ring (bicyclic) bond motifs is 1. The predicted octanol–water partition coefficient (Wildman–Crippen LogP) is 4.09. The molecule has 1 heterocycles. The van der Waals surface area contributed by atoms with Gasteiger partial charge in [0.1, 0.15) is 12.4 Å². The minimum absolute atomic E-state index is 0.295. The summed E-state index contributed by atoms with van der Waals surface area (Å²) >= 11 is 3.41. The molecule has 21 heavy (non-hydrogen) atoms. The molecule has 3 nitrogen and oxygen atoms in total. The van der Waals surface area contributed by atoms with Gasteiger partial charge in [0.2, 0.25) is 0 Å². The van der Waals surface area contributed by atoms with E-state index in [1.165, 1.54) is 12.0 Å². The van der Waals surface area contributed by atoms with Crippen LogP contribution < -0.4 is 4.74 Å². The van der Waals surface area contributed by atoms with Gasteiger partial charge in [0.15, 0.2) is 0 Å². The zero-order valence-corrected chi connectivity index (χ0v) is 13.6. The smallest absolute Gasteiger partial charge is 0.119 e. The molecule has 0 radical (unpaired) electrons. The van der Waals surface area contributed by atoms with Gasteiger partial charge in [-0.2, -0.15) is 0 Å². The van der Waals surface area contributed by atoms with E-state index in [-0.39, 0.29) is 6.10 Å². The summed E-state index contributed by atoms with van der Waals surface area (Å²) in [6.45, 7) is 1.43. The van der Waals surface area contributed by atoms with Gasteiger partial charge in [-0.25, -0.2) is 0 Å². The number of ether oxygens (including phenoxy) is 1. The summed E-state index contributed by atoms with van der Waals surface area (Å²) in [5, 5.41) is 10.1. The van der Waals surface area contributed by atoms with Gasteiger partial charge < -0.3 is 14.4 Å². The second kappa shape index (κ2) is 6.67. The Hall–Kier alpha value is -1.26. The maximum atomic E-state index is 10.1. The molecule has 0 saturated heterocycles. The molecular formula is C17H20BrNO2. The molecule has 112 valence electrons. The zero-order valence-electron chi connectivity index (χ0n) is 12.0. The molecule has 1 N–H and O–H groups in total. The molecule has 3 rings (SSSR count). The second-order valence-corrected chi connectivity index (χ2v) is 6.46. The number of hydrogen-bond donors (Lipinski definition) is 1. The molecule has 1 aromatic heterocycles. The third-order valence-electron chi connectivity index (χ3n) is 3.96. The Morgan fingerprint density at radius 2 is 2.00 bits per heavy atom. The van der Waals surface area contributed by atoms with Gasteiger partial charge in [0.05, 0.1) is 12.6 Å². The van der Waals surface area contributed by atoms with Crippen molar-refractivity contribution in [3.8, 4) is 5.75 Å². The lowest BCUT2D eigenvalue weighted by Crippen LogP contribution is -2.06. The van der Waals surface area contributed by atoms with E-state index in [0.717, 1.165) is 41.6 Å². The fourth-order valence-electron chi connectivity index (χ4n) is 2.82. The van der Waals surface area contributed by atoms with E-state index in [9.17, 15) is 5.11 Å². The van der Waals surface area contributed by atoms with Crippen LogP contribution >= 0.6 is 15.9 Å². The highest BCUT2D eigenvalue weighted by atomic mass is 79.9. The molecule has 0 saturated carbocycles. The van der Waals surface area contributed by atoms with E-state index < -0.39 is 0 Å². The Kier molecular flexibility index (Phi) is 4.66. The zero-order chi connectivity index (χ0) is 14.7. The molecule has 1 aliphatic carbocycles. The Labute approximate surface area is 133 Å². The molecule has 1 aliphatic rings. The Bertz CT molecular complexity index is 591. The molecule has 1 unspecified atom stereocenters. The van der Waals surface area contributed by atoms with Crippen molar-refractivity contribution in [2.45, 2.75) is 38.3 Å². The molecule has 0 amide bonds. The lowest BCUT2D eigenvalue weighted by atomic mass is 10.1. The van der Waals surface area contributed by atoms with E-state index in [4.69, 9.17) is 4.74 Å². The minimum Gasteiger partial charge on any atom is -0.492 e. The van der Waals surface area contributed by atoms with Gasteiger partial charge in [-0.1, -0.05) is 22.4 Å². The molecule has 4 heteroatoms. The Morgan fingerprint density at radius 3 is 2.81 bits per heavy atom. The van der Waals surface area contributed by atoms with Crippen molar-refractivity contribution in [3.63, 3.8) is 0 Å². The summed E-state index contributed by atoms with van der Waals surface area (Å²) in [7, 11) is 0. The van der Waals surface area contributed by atoms with Crippen LogP contribution in [0.3, 0.4) is 0 Å². The second-order valence-electron chi connectivity index (χ2n) is 5.54. The van der Waals surface area contributed by atoms with Crippen molar-refractivity contribution in [1.82, 2.24) is 4.57 Å². The number of nitrogens with zero attached hydrogens (tertiary/aromatic N) is 1. The normalized spacial score (nSPS) is 18.1. The third kappa shape index (κ3) is 3.69. The molecule has 2 aromatic rings. The van der Waals surface area contributed by atoms with Crippen LogP contribution in [0.1, 0.15) is 36.5 Å². The van der Waals surface area contributed by atoms with Gasteiger partial charge in [0, 0.05) is 22.4 Å². The largest absolute Gasteiger partial charge is 0.492 e. The summed E-state index contributed by atoms with van der Waals surface area (Å²) in [5.74, 6) is 0.881. The number of hydrogen-bond acceptors (Lipinski definition) is 2. The van der Waals surface area contributed by atoms with Crippen LogP contribution in [0.5, 0.6) is 5.75 Å². The Balaban J connectivity index is 1.58. The molecule has 1 aromatic carbocycles. The molecule has 0 spiro atoms. The van der Waals surface area contributed by atoms with Gasteiger partial charge in [0.25, 0.3) is 0 Å². The van der Waals surface area contributed by atoms with E-state index in [1.807, 2.05) is 24.3 Å². The average Bonchev–Trinajstić information content (AvgIpc) is 2.81. The number of aliphatic hydroxyl groups is 1. The maximum absolute atomic E-state index is 10.1. The van der Waals surface area contributed by atoms with Gasteiger partial charge >= 0.3 is 0 Å². The molecule has 0 aliphatic heterocycles. The van der Waals surface area contributed by atoms with Crippen LogP contribution in [-0.4, -0.2) is 16.3 Å². The lowest BCUT2D eigenvalue weighted by Gasteiger charge is -2.08. The van der Waals surface area contributed by atoms with Crippen LogP contribution in [0.2, 0.25) is 0 Å². The number of halogens is 1. The highest BCUT2D eigenvalue weighted by molar-refractivity contribution is 9.10. The highest BCUT2D eigenvalue weighted by Gasteiger charge is 2.18. The van der Waals surface area contributed by atoms with E-state index in [0.29, 0.717) is 6.61 Å². The number of benzene rings is 1. The topological polar surface area (TPSA) is 34.4 Å². The summed E-state index contributed by atoms with van der Waals surface area (Å²) in [4.78, 5) is 0. The van der Waals surface area contributed by atoms with Crippen molar-refractivity contribution in [1.29, 1.82) is 0 Å². The van der Waals surface area contributed by atoms with Crippen molar-refractivity contribution in [2.75, 3.05) is 6.61 Å². The average molecular weight is 350 g/mol. The van der Waals surface area contributed by atoms with E-state index in [1.54, 1.807) is 0 Å². The van der Waals surface area contributed by atoms with Gasteiger partial charge in [-0.05, 0) is 49.1 Å².